The van der Waals surface area contributed by atoms with Gasteiger partial charge in [0.05, 0.1) is 5.56 Å². The Labute approximate surface area is 244 Å². The fourth-order valence-electron chi connectivity index (χ4n) is 5.45. The van der Waals surface area contributed by atoms with Crippen molar-refractivity contribution in [2.45, 2.75) is 57.8 Å². The van der Waals surface area contributed by atoms with Crippen molar-refractivity contribution in [1.82, 2.24) is 34.0 Å². The molecule has 0 spiro atoms. The minimum atomic E-state index is -4.61. The Morgan fingerprint density at radius 2 is 1.81 bits per heavy atom. The maximum atomic E-state index is 13.5. The third-order valence-electron chi connectivity index (χ3n) is 7.85. The van der Waals surface area contributed by atoms with Crippen molar-refractivity contribution in [2.75, 3.05) is 31.1 Å². The van der Waals surface area contributed by atoms with Crippen LogP contribution in [0.2, 0.25) is 0 Å². The largest absolute Gasteiger partial charge is 0.433 e. The fourth-order valence-corrected chi connectivity index (χ4v) is 5.45. The maximum Gasteiger partial charge on any atom is 0.433 e. The van der Waals surface area contributed by atoms with Gasteiger partial charge in [0.15, 0.2) is 5.65 Å². The smallest absolute Gasteiger partial charge is 0.332 e. The van der Waals surface area contributed by atoms with E-state index < -0.39 is 23.3 Å². The van der Waals surface area contributed by atoms with Crippen LogP contribution in [0.5, 0.6) is 0 Å². The SMILES string of the molecule is CCCn1c(=O)n(C2CC2)c(=O)c2[nH]c(-c3ccc(N(CCN4CCCC4)C(=O)c4ccc(C(F)(F)F)nc4)nc3)nc21. The number of pyridine rings is 2. The van der Waals surface area contributed by atoms with E-state index >= 15 is 0 Å². The van der Waals surface area contributed by atoms with Crippen LogP contribution in [-0.2, 0) is 12.7 Å². The quantitative estimate of drug-likeness (QED) is 0.312. The van der Waals surface area contributed by atoms with Gasteiger partial charge in [-0.15, -0.1) is 0 Å². The number of aromatic nitrogens is 6. The highest BCUT2D eigenvalue weighted by molar-refractivity contribution is 6.05. The standard InChI is InChI=1S/C29H31F3N8O3/c1-2-11-39-25-23(27(42)40(28(39)43)20-7-8-20)35-24(36-25)18-6-10-22(34-16-18)38(15-14-37-12-3-4-13-37)26(41)19-5-9-21(33-17-19)29(30,31)32/h5-6,9-10,16-17,20H,2-4,7-8,11-15H2,1H3,(H,35,36). The molecule has 1 saturated heterocycles. The van der Waals surface area contributed by atoms with E-state index in [1.54, 1.807) is 12.1 Å². The van der Waals surface area contributed by atoms with Crippen LogP contribution in [0, 0.1) is 0 Å². The first kappa shape index (κ1) is 28.8. The number of carbonyl (C=O) groups excluding carboxylic acids is 1. The van der Waals surface area contributed by atoms with Gasteiger partial charge in [-0.05, 0) is 69.5 Å². The van der Waals surface area contributed by atoms with Crippen LogP contribution in [0.25, 0.3) is 22.6 Å². The molecule has 0 aromatic carbocycles. The Bertz CT molecular complexity index is 1750. The maximum absolute atomic E-state index is 13.5. The van der Waals surface area contributed by atoms with Gasteiger partial charge in [-0.3, -0.25) is 28.6 Å². The predicted octanol–water partition coefficient (Wildman–Crippen LogP) is 3.85. The summed E-state index contributed by atoms with van der Waals surface area (Å²) in [6, 6.07) is 5.14. The molecule has 1 saturated carbocycles. The van der Waals surface area contributed by atoms with E-state index in [2.05, 4.69) is 24.8 Å². The number of alkyl halides is 3. The molecule has 0 atom stereocenters. The minimum absolute atomic E-state index is 0.0124. The summed E-state index contributed by atoms with van der Waals surface area (Å²) in [5.41, 5.74) is -0.759. The number of aromatic amines is 1. The van der Waals surface area contributed by atoms with Crippen LogP contribution in [0.3, 0.4) is 0 Å². The molecule has 11 nitrogen and oxygen atoms in total. The Morgan fingerprint density at radius 3 is 2.42 bits per heavy atom. The topological polar surface area (TPSA) is 122 Å². The third kappa shape index (κ3) is 5.70. The molecule has 5 heterocycles. The van der Waals surface area contributed by atoms with Gasteiger partial charge in [-0.2, -0.15) is 13.2 Å². The van der Waals surface area contributed by atoms with Crippen LogP contribution in [0.4, 0.5) is 19.0 Å². The van der Waals surface area contributed by atoms with Gasteiger partial charge in [0.2, 0.25) is 0 Å². The lowest BCUT2D eigenvalue weighted by Crippen LogP contribution is -2.39. The van der Waals surface area contributed by atoms with Gasteiger partial charge in [0.1, 0.15) is 22.9 Å². The molecule has 2 aliphatic rings. The molecule has 0 bridgehead atoms. The molecule has 1 aliphatic heterocycles. The van der Waals surface area contributed by atoms with Crippen molar-refractivity contribution in [3.05, 3.63) is 68.8 Å². The van der Waals surface area contributed by atoms with Crippen molar-refractivity contribution in [3.63, 3.8) is 0 Å². The number of hydrogen-bond acceptors (Lipinski definition) is 7. The second kappa shape index (κ2) is 11.4. The first-order chi connectivity index (χ1) is 20.7. The fraction of sp³-hybridized carbons (Fsp3) is 0.448. The number of fused-ring (bicyclic) bond motifs is 1. The molecule has 1 aliphatic carbocycles. The molecule has 4 aromatic rings. The molecule has 2 fully saturated rings. The summed E-state index contributed by atoms with van der Waals surface area (Å²) in [5.74, 6) is 0.141. The number of amides is 1. The molecule has 0 unspecified atom stereocenters. The summed E-state index contributed by atoms with van der Waals surface area (Å²) in [4.78, 5) is 59.1. The molecule has 1 amide bonds. The molecule has 43 heavy (non-hydrogen) atoms. The van der Waals surface area contributed by atoms with E-state index in [-0.39, 0.29) is 35.0 Å². The van der Waals surface area contributed by atoms with E-state index in [4.69, 9.17) is 0 Å². The first-order valence-corrected chi connectivity index (χ1v) is 14.4. The van der Waals surface area contributed by atoms with Crippen molar-refractivity contribution in [2.24, 2.45) is 0 Å². The normalized spacial score (nSPS) is 15.8. The van der Waals surface area contributed by atoms with Crippen LogP contribution in [0.1, 0.15) is 61.1 Å². The average molecular weight is 597 g/mol. The summed E-state index contributed by atoms with van der Waals surface area (Å²) in [6.07, 6.45) is 2.23. The van der Waals surface area contributed by atoms with E-state index in [1.165, 1.54) is 20.2 Å². The molecule has 6 rings (SSSR count). The van der Waals surface area contributed by atoms with Crippen LogP contribution in [0.15, 0.2) is 46.2 Å². The zero-order chi connectivity index (χ0) is 30.3. The molecule has 4 aromatic heterocycles. The average Bonchev–Trinajstić information content (AvgIpc) is 3.49. The van der Waals surface area contributed by atoms with Gasteiger partial charge in [-0.1, -0.05) is 6.92 Å². The van der Waals surface area contributed by atoms with Crippen molar-refractivity contribution in [3.8, 4) is 11.4 Å². The number of aryl methyl sites for hydroxylation is 1. The van der Waals surface area contributed by atoms with Crippen molar-refractivity contribution < 1.29 is 18.0 Å². The summed E-state index contributed by atoms with van der Waals surface area (Å²) in [6.45, 7) is 5.03. The summed E-state index contributed by atoms with van der Waals surface area (Å²) >= 11 is 0. The summed E-state index contributed by atoms with van der Waals surface area (Å²) < 4.78 is 41.9. The highest BCUT2D eigenvalue weighted by atomic mass is 19.4. The lowest BCUT2D eigenvalue weighted by molar-refractivity contribution is -0.141. The van der Waals surface area contributed by atoms with E-state index in [9.17, 15) is 27.6 Å². The van der Waals surface area contributed by atoms with Crippen LogP contribution >= 0.6 is 0 Å². The first-order valence-electron chi connectivity index (χ1n) is 14.4. The van der Waals surface area contributed by atoms with Crippen molar-refractivity contribution >= 4 is 22.9 Å². The number of hydrogen-bond donors (Lipinski definition) is 1. The molecular formula is C29H31F3N8O3. The van der Waals surface area contributed by atoms with Gasteiger partial charge >= 0.3 is 11.9 Å². The Morgan fingerprint density at radius 1 is 1.05 bits per heavy atom. The second-order valence-electron chi connectivity index (χ2n) is 11.0. The van der Waals surface area contributed by atoms with Crippen LogP contribution in [-0.4, -0.2) is 66.1 Å². The molecule has 0 radical (unpaired) electrons. The van der Waals surface area contributed by atoms with Crippen molar-refractivity contribution in [1.29, 1.82) is 0 Å². The van der Waals surface area contributed by atoms with Gasteiger partial charge in [0.25, 0.3) is 11.5 Å². The number of imidazole rings is 1. The monoisotopic (exact) mass is 596 g/mol. The highest BCUT2D eigenvalue weighted by Crippen LogP contribution is 2.33. The van der Waals surface area contributed by atoms with Gasteiger partial charge in [0, 0.05) is 43.6 Å². The summed E-state index contributed by atoms with van der Waals surface area (Å²) in [7, 11) is 0. The Balaban J connectivity index is 1.32. The van der Waals surface area contributed by atoms with Crippen LogP contribution < -0.4 is 16.1 Å². The lowest BCUT2D eigenvalue weighted by atomic mass is 10.2. The number of halogens is 3. The Hall–Kier alpha value is -4.33. The number of nitrogens with zero attached hydrogens (tertiary/aromatic N) is 7. The third-order valence-corrected chi connectivity index (χ3v) is 7.85. The van der Waals surface area contributed by atoms with E-state index in [1.807, 2.05) is 6.92 Å². The lowest BCUT2D eigenvalue weighted by Gasteiger charge is -2.25. The van der Waals surface area contributed by atoms with Gasteiger partial charge < -0.3 is 9.88 Å². The number of H-pyrrole nitrogens is 1. The number of nitrogens with one attached hydrogen (secondary N) is 1. The summed E-state index contributed by atoms with van der Waals surface area (Å²) in [5, 5.41) is 0. The molecule has 226 valence electrons. The van der Waals surface area contributed by atoms with E-state index in [0.717, 1.165) is 57.1 Å². The highest BCUT2D eigenvalue weighted by Gasteiger charge is 2.33. The van der Waals surface area contributed by atoms with E-state index in [0.29, 0.717) is 36.7 Å². The Kier molecular flexibility index (Phi) is 7.63. The molecular weight excluding hydrogens is 565 g/mol. The zero-order valence-corrected chi connectivity index (χ0v) is 23.6. The number of likely N-dealkylation sites (tertiary alicyclic amines) is 1. The molecule has 1 N–H and O–H groups in total. The number of rotatable bonds is 9. The zero-order valence-electron chi connectivity index (χ0n) is 23.6. The predicted molar refractivity (Wildman–Crippen MR) is 153 cm³/mol. The second-order valence-corrected chi connectivity index (χ2v) is 11.0. The minimum Gasteiger partial charge on any atom is -0.332 e. The number of carbonyl (C=O) groups is 1. The molecule has 14 heteroatoms. The number of anilines is 1. The van der Waals surface area contributed by atoms with Gasteiger partial charge in [-0.25, -0.2) is 14.8 Å².